The van der Waals surface area contributed by atoms with Crippen molar-refractivity contribution < 1.29 is 13.2 Å². The van der Waals surface area contributed by atoms with Crippen LogP contribution in [-0.2, 0) is 20.4 Å². The molecule has 1 amide bonds. The van der Waals surface area contributed by atoms with Crippen molar-refractivity contribution in [3.05, 3.63) is 35.9 Å². The van der Waals surface area contributed by atoms with Crippen molar-refractivity contribution in [1.29, 1.82) is 0 Å². The van der Waals surface area contributed by atoms with Gasteiger partial charge in [-0.1, -0.05) is 51.1 Å². The Bertz CT molecular complexity index is 609. The molecule has 1 aliphatic rings. The summed E-state index contributed by atoms with van der Waals surface area (Å²) in [5, 5.41) is -0.336. The van der Waals surface area contributed by atoms with Gasteiger partial charge in [0.15, 0.2) is 9.84 Å². The zero-order valence-corrected chi connectivity index (χ0v) is 14.4. The highest BCUT2D eigenvalue weighted by molar-refractivity contribution is 7.91. The number of carbonyl (C=O) groups excluding carboxylic acids is 1. The molecule has 1 aliphatic heterocycles. The molecule has 0 spiro atoms. The number of likely N-dealkylation sites (tertiary alicyclic amines) is 1. The highest BCUT2D eigenvalue weighted by Gasteiger charge is 2.34. The molecule has 0 saturated carbocycles. The maximum atomic E-state index is 12.5. The average molecular weight is 323 g/mol. The Morgan fingerprint density at radius 3 is 2.18 bits per heavy atom. The Morgan fingerprint density at radius 2 is 1.68 bits per heavy atom. The lowest BCUT2D eigenvalue weighted by Crippen LogP contribution is -2.46. The zero-order chi connectivity index (χ0) is 16.4. The van der Waals surface area contributed by atoms with Gasteiger partial charge >= 0.3 is 0 Å². The standard InChI is InChI=1S/C17H25NO3S/c1-17(2,3)16(19)18-11-9-15(10-12-18)22(20,21)13-14-7-5-4-6-8-14/h4-8,15H,9-13H2,1-3H3. The molecule has 2 rings (SSSR count). The van der Waals surface area contributed by atoms with Crippen LogP contribution >= 0.6 is 0 Å². The number of amides is 1. The molecule has 0 atom stereocenters. The molecule has 1 aromatic rings. The van der Waals surface area contributed by atoms with Crippen molar-refractivity contribution in [2.24, 2.45) is 5.41 Å². The van der Waals surface area contributed by atoms with E-state index in [4.69, 9.17) is 0 Å². The molecule has 1 heterocycles. The molecule has 0 radical (unpaired) electrons. The maximum absolute atomic E-state index is 12.5. The lowest BCUT2D eigenvalue weighted by atomic mass is 9.93. The van der Waals surface area contributed by atoms with E-state index >= 15 is 0 Å². The van der Waals surface area contributed by atoms with Gasteiger partial charge in [-0.05, 0) is 18.4 Å². The molecule has 0 N–H and O–H groups in total. The highest BCUT2D eigenvalue weighted by Crippen LogP contribution is 2.25. The Hall–Kier alpha value is -1.36. The first-order chi connectivity index (χ1) is 10.2. The van der Waals surface area contributed by atoms with Gasteiger partial charge in [0.2, 0.25) is 5.91 Å². The van der Waals surface area contributed by atoms with Crippen molar-refractivity contribution in [2.75, 3.05) is 13.1 Å². The minimum atomic E-state index is -3.16. The van der Waals surface area contributed by atoms with Crippen LogP contribution in [0.2, 0.25) is 0 Å². The van der Waals surface area contributed by atoms with Crippen molar-refractivity contribution in [2.45, 2.75) is 44.6 Å². The van der Waals surface area contributed by atoms with E-state index in [9.17, 15) is 13.2 Å². The van der Waals surface area contributed by atoms with Crippen molar-refractivity contribution >= 4 is 15.7 Å². The summed E-state index contributed by atoms with van der Waals surface area (Å²) in [4.78, 5) is 14.0. The molecule has 5 heteroatoms. The fraction of sp³-hybridized carbons (Fsp3) is 0.588. The minimum Gasteiger partial charge on any atom is -0.342 e. The van der Waals surface area contributed by atoms with Gasteiger partial charge in [0, 0.05) is 18.5 Å². The topological polar surface area (TPSA) is 54.5 Å². The fourth-order valence-electron chi connectivity index (χ4n) is 2.82. The van der Waals surface area contributed by atoms with Gasteiger partial charge in [0.25, 0.3) is 0 Å². The third-order valence-electron chi connectivity index (χ3n) is 4.09. The number of carbonyl (C=O) groups is 1. The maximum Gasteiger partial charge on any atom is 0.227 e. The quantitative estimate of drug-likeness (QED) is 0.859. The monoisotopic (exact) mass is 323 g/mol. The van der Waals surface area contributed by atoms with E-state index in [2.05, 4.69) is 0 Å². The third-order valence-corrected chi connectivity index (χ3v) is 6.31. The Morgan fingerprint density at radius 1 is 1.14 bits per heavy atom. The van der Waals surface area contributed by atoms with Gasteiger partial charge in [0.05, 0.1) is 11.0 Å². The molecule has 0 aliphatic carbocycles. The number of benzene rings is 1. The van der Waals surface area contributed by atoms with E-state index < -0.39 is 15.3 Å². The Balaban J connectivity index is 1.98. The molecule has 122 valence electrons. The number of nitrogens with zero attached hydrogens (tertiary/aromatic N) is 1. The van der Waals surface area contributed by atoms with Gasteiger partial charge in [-0.25, -0.2) is 8.42 Å². The van der Waals surface area contributed by atoms with Crippen molar-refractivity contribution in [1.82, 2.24) is 4.90 Å². The molecular formula is C17H25NO3S. The number of hydrogen-bond acceptors (Lipinski definition) is 3. The normalized spacial score (nSPS) is 17.5. The van der Waals surface area contributed by atoms with Gasteiger partial charge in [0.1, 0.15) is 0 Å². The second-order valence-electron chi connectivity index (χ2n) is 7.03. The first-order valence-electron chi connectivity index (χ1n) is 7.75. The first-order valence-corrected chi connectivity index (χ1v) is 9.46. The Kier molecular flexibility index (Phi) is 4.95. The summed E-state index contributed by atoms with van der Waals surface area (Å²) in [6, 6.07) is 9.28. The van der Waals surface area contributed by atoms with E-state index in [0.717, 1.165) is 5.56 Å². The summed E-state index contributed by atoms with van der Waals surface area (Å²) in [5.74, 6) is 0.192. The van der Waals surface area contributed by atoms with Crippen LogP contribution in [-0.4, -0.2) is 37.6 Å². The smallest absolute Gasteiger partial charge is 0.227 e. The summed E-state index contributed by atoms with van der Waals surface area (Å²) in [6.45, 7) is 6.76. The lowest BCUT2D eigenvalue weighted by Gasteiger charge is -2.35. The molecule has 1 aromatic carbocycles. The number of rotatable bonds is 3. The van der Waals surface area contributed by atoms with Crippen LogP contribution in [0.4, 0.5) is 0 Å². The molecule has 0 unspecified atom stereocenters. The largest absolute Gasteiger partial charge is 0.342 e. The molecule has 0 aromatic heterocycles. The van der Waals surface area contributed by atoms with Crippen LogP contribution in [0.15, 0.2) is 30.3 Å². The van der Waals surface area contributed by atoms with Crippen LogP contribution in [0.1, 0.15) is 39.2 Å². The van der Waals surface area contributed by atoms with Crippen molar-refractivity contribution in [3.63, 3.8) is 0 Å². The number of piperidine rings is 1. The molecule has 1 fully saturated rings. The predicted octanol–water partition coefficient (Wildman–Crippen LogP) is 2.64. The molecular weight excluding hydrogens is 298 g/mol. The summed E-state index contributed by atoms with van der Waals surface area (Å²) in [5.41, 5.74) is 0.422. The molecule has 22 heavy (non-hydrogen) atoms. The van der Waals surface area contributed by atoms with Crippen LogP contribution in [0, 0.1) is 5.41 Å². The number of sulfone groups is 1. The van der Waals surface area contributed by atoms with E-state index in [0.29, 0.717) is 25.9 Å². The Labute approximate surface area is 133 Å². The van der Waals surface area contributed by atoms with Crippen LogP contribution in [0.3, 0.4) is 0 Å². The molecule has 4 nitrogen and oxygen atoms in total. The second kappa shape index (κ2) is 6.41. The van der Waals surface area contributed by atoms with Gasteiger partial charge < -0.3 is 4.90 Å². The van der Waals surface area contributed by atoms with Crippen LogP contribution < -0.4 is 0 Å². The van der Waals surface area contributed by atoms with E-state index in [1.54, 1.807) is 4.90 Å². The van der Waals surface area contributed by atoms with E-state index in [-0.39, 0.29) is 16.9 Å². The van der Waals surface area contributed by atoms with Gasteiger partial charge in [-0.15, -0.1) is 0 Å². The van der Waals surface area contributed by atoms with Crippen molar-refractivity contribution in [3.8, 4) is 0 Å². The van der Waals surface area contributed by atoms with E-state index in [1.807, 2.05) is 51.1 Å². The molecule has 1 saturated heterocycles. The zero-order valence-electron chi connectivity index (χ0n) is 13.6. The van der Waals surface area contributed by atoms with Crippen LogP contribution in [0.25, 0.3) is 0 Å². The summed E-state index contributed by atoms with van der Waals surface area (Å²) in [6.07, 6.45) is 1.08. The SMILES string of the molecule is CC(C)(C)C(=O)N1CCC(S(=O)(=O)Cc2ccccc2)CC1. The van der Waals surface area contributed by atoms with Gasteiger partial charge in [-0.2, -0.15) is 0 Å². The predicted molar refractivity (Wildman–Crippen MR) is 88.1 cm³/mol. The molecule has 0 bridgehead atoms. The highest BCUT2D eigenvalue weighted by atomic mass is 32.2. The fourth-order valence-corrected chi connectivity index (χ4v) is 4.64. The summed E-state index contributed by atoms with van der Waals surface area (Å²) >= 11 is 0. The van der Waals surface area contributed by atoms with Gasteiger partial charge in [-0.3, -0.25) is 4.79 Å². The lowest BCUT2D eigenvalue weighted by molar-refractivity contribution is -0.140. The summed E-state index contributed by atoms with van der Waals surface area (Å²) in [7, 11) is -3.16. The minimum absolute atomic E-state index is 0.0890. The third kappa shape index (κ3) is 4.09. The number of hydrogen-bond donors (Lipinski definition) is 0. The first kappa shape index (κ1) is 17.0. The van der Waals surface area contributed by atoms with E-state index in [1.165, 1.54) is 0 Å². The average Bonchev–Trinajstić information content (AvgIpc) is 2.46. The van der Waals surface area contributed by atoms with Crippen LogP contribution in [0.5, 0.6) is 0 Å². The summed E-state index contributed by atoms with van der Waals surface area (Å²) < 4.78 is 25.0. The second-order valence-corrected chi connectivity index (χ2v) is 9.32.